The average molecular weight is 298 g/mol. The summed E-state index contributed by atoms with van der Waals surface area (Å²) >= 11 is 6.38. The van der Waals surface area contributed by atoms with Gasteiger partial charge in [-0.05, 0) is 25.7 Å². The molecule has 6 heteroatoms. The summed E-state index contributed by atoms with van der Waals surface area (Å²) in [6, 6.07) is 1.89. The molecule has 2 heterocycles. The van der Waals surface area contributed by atoms with Crippen LogP contribution >= 0.6 is 11.6 Å². The van der Waals surface area contributed by atoms with Gasteiger partial charge in [-0.3, -0.25) is 4.90 Å². The standard InChI is InChI=1S/C14H24ClN5/c1-18(2)5-6-19-7-9-20(10-8-19)14-13(15)12(11-16)3-4-17-14/h3-4H,5-11,16H2,1-2H3. The van der Waals surface area contributed by atoms with Gasteiger partial charge in [0.1, 0.15) is 5.82 Å². The van der Waals surface area contributed by atoms with E-state index in [-0.39, 0.29) is 0 Å². The highest BCUT2D eigenvalue weighted by Gasteiger charge is 2.20. The molecule has 1 aliphatic rings. The minimum absolute atomic E-state index is 0.456. The Bertz CT molecular complexity index is 430. The van der Waals surface area contributed by atoms with Gasteiger partial charge < -0.3 is 15.5 Å². The van der Waals surface area contributed by atoms with Gasteiger partial charge in [0, 0.05) is 52.0 Å². The Labute approximate surface area is 126 Å². The molecule has 0 aromatic carbocycles. The first-order valence-corrected chi connectivity index (χ1v) is 7.45. The molecule has 1 fully saturated rings. The van der Waals surface area contributed by atoms with Crippen molar-refractivity contribution in [2.45, 2.75) is 6.54 Å². The molecule has 1 aromatic rings. The Morgan fingerprint density at radius 2 is 2.00 bits per heavy atom. The Hall–Kier alpha value is -0.880. The Balaban J connectivity index is 1.94. The third-order valence-corrected chi connectivity index (χ3v) is 4.12. The molecule has 0 aliphatic carbocycles. The van der Waals surface area contributed by atoms with Gasteiger partial charge in [-0.25, -0.2) is 4.98 Å². The fourth-order valence-electron chi connectivity index (χ4n) is 2.37. The molecule has 0 unspecified atom stereocenters. The molecule has 1 aliphatic heterocycles. The topological polar surface area (TPSA) is 48.6 Å². The van der Waals surface area contributed by atoms with Crippen LogP contribution in [0.1, 0.15) is 5.56 Å². The first-order valence-electron chi connectivity index (χ1n) is 7.07. The summed E-state index contributed by atoms with van der Waals surface area (Å²) in [5.74, 6) is 0.877. The van der Waals surface area contributed by atoms with Crippen LogP contribution in [0.25, 0.3) is 0 Å². The largest absolute Gasteiger partial charge is 0.353 e. The van der Waals surface area contributed by atoms with Crippen LogP contribution < -0.4 is 10.6 Å². The summed E-state index contributed by atoms with van der Waals surface area (Å²) in [4.78, 5) is 11.4. The van der Waals surface area contributed by atoms with E-state index in [1.165, 1.54) is 0 Å². The number of halogens is 1. The zero-order chi connectivity index (χ0) is 14.5. The molecule has 0 saturated carbocycles. The van der Waals surface area contributed by atoms with Crippen molar-refractivity contribution in [1.29, 1.82) is 0 Å². The number of nitrogens with two attached hydrogens (primary N) is 1. The van der Waals surface area contributed by atoms with Crippen molar-refractivity contribution in [3.8, 4) is 0 Å². The summed E-state index contributed by atoms with van der Waals surface area (Å²) in [5, 5.41) is 0.705. The van der Waals surface area contributed by atoms with Crippen LogP contribution in [0.3, 0.4) is 0 Å². The highest BCUT2D eigenvalue weighted by atomic mass is 35.5. The van der Waals surface area contributed by atoms with E-state index in [2.05, 4.69) is 33.8 Å². The molecule has 0 bridgehead atoms. The lowest BCUT2D eigenvalue weighted by Crippen LogP contribution is -2.48. The average Bonchev–Trinajstić information content (AvgIpc) is 2.46. The maximum Gasteiger partial charge on any atom is 0.147 e. The second-order valence-electron chi connectivity index (χ2n) is 5.44. The van der Waals surface area contributed by atoms with E-state index in [4.69, 9.17) is 17.3 Å². The number of rotatable bonds is 5. The van der Waals surface area contributed by atoms with Gasteiger partial charge in [0.15, 0.2) is 0 Å². The minimum atomic E-state index is 0.456. The van der Waals surface area contributed by atoms with Gasteiger partial charge in [0.05, 0.1) is 5.02 Å². The number of nitrogens with zero attached hydrogens (tertiary/aromatic N) is 4. The van der Waals surface area contributed by atoms with Gasteiger partial charge in [0.25, 0.3) is 0 Å². The van der Waals surface area contributed by atoms with Crippen molar-refractivity contribution in [2.24, 2.45) is 5.73 Å². The molecule has 0 amide bonds. The number of hydrogen-bond acceptors (Lipinski definition) is 5. The van der Waals surface area contributed by atoms with E-state index in [1.807, 2.05) is 6.07 Å². The van der Waals surface area contributed by atoms with Crippen molar-refractivity contribution >= 4 is 17.4 Å². The third-order valence-electron chi connectivity index (χ3n) is 3.71. The summed E-state index contributed by atoms with van der Waals surface area (Å²) in [6.07, 6.45) is 1.79. The quantitative estimate of drug-likeness (QED) is 0.874. The van der Waals surface area contributed by atoms with E-state index in [0.717, 1.165) is 50.6 Å². The van der Waals surface area contributed by atoms with Gasteiger partial charge in [-0.15, -0.1) is 0 Å². The van der Waals surface area contributed by atoms with Crippen LogP contribution in [0.4, 0.5) is 5.82 Å². The summed E-state index contributed by atoms with van der Waals surface area (Å²) in [6.45, 7) is 6.71. The second kappa shape index (κ2) is 7.22. The van der Waals surface area contributed by atoms with E-state index in [9.17, 15) is 0 Å². The molecule has 2 rings (SSSR count). The van der Waals surface area contributed by atoms with Crippen LogP contribution in [0.15, 0.2) is 12.3 Å². The molecule has 1 saturated heterocycles. The van der Waals surface area contributed by atoms with E-state index >= 15 is 0 Å². The maximum atomic E-state index is 6.38. The monoisotopic (exact) mass is 297 g/mol. The first-order chi connectivity index (χ1) is 9.61. The van der Waals surface area contributed by atoms with Gasteiger partial charge in [0.2, 0.25) is 0 Å². The van der Waals surface area contributed by atoms with Gasteiger partial charge in [-0.1, -0.05) is 11.6 Å². The minimum Gasteiger partial charge on any atom is -0.353 e. The second-order valence-corrected chi connectivity index (χ2v) is 5.82. The molecule has 2 N–H and O–H groups in total. The lowest BCUT2D eigenvalue weighted by atomic mass is 10.2. The summed E-state index contributed by atoms with van der Waals surface area (Å²) in [7, 11) is 4.22. The van der Waals surface area contributed by atoms with E-state index < -0.39 is 0 Å². The molecule has 112 valence electrons. The highest BCUT2D eigenvalue weighted by Crippen LogP contribution is 2.27. The molecule has 20 heavy (non-hydrogen) atoms. The maximum absolute atomic E-state index is 6.38. The third kappa shape index (κ3) is 3.82. The lowest BCUT2D eigenvalue weighted by molar-refractivity contribution is 0.229. The van der Waals surface area contributed by atoms with E-state index in [0.29, 0.717) is 11.6 Å². The van der Waals surface area contributed by atoms with Crippen LogP contribution in [0, 0.1) is 0 Å². The normalized spacial score (nSPS) is 16.9. The number of piperazine rings is 1. The Morgan fingerprint density at radius 1 is 1.30 bits per heavy atom. The predicted octanol–water partition coefficient (Wildman–Crippen LogP) is 0.877. The SMILES string of the molecule is CN(C)CCN1CCN(c2nccc(CN)c2Cl)CC1. The van der Waals surface area contributed by atoms with Crippen molar-refractivity contribution < 1.29 is 0 Å². The summed E-state index contributed by atoms with van der Waals surface area (Å²) in [5.41, 5.74) is 6.66. The molecule has 1 aromatic heterocycles. The zero-order valence-electron chi connectivity index (χ0n) is 12.3. The number of aromatic nitrogens is 1. The Morgan fingerprint density at radius 3 is 2.60 bits per heavy atom. The summed E-state index contributed by atoms with van der Waals surface area (Å²) < 4.78 is 0. The molecular weight excluding hydrogens is 274 g/mol. The molecular formula is C14H24ClN5. The Kier molecular flexibility index (Phi) is 5.60. The van der Waals surface area contributed by atoms with Crippen molar-refractivity contribution in [2.75, 3.05) is 58.3 Å². The van der Waals surface area contributed by atoms with Crippen molar-refractivity contribution in [3.05, 3.63) is 22.8 Å². The van der Waals surface area contributed by atoms with Crippen molar-refractivity contribution in [1.82, 2.24) is 14.8 Å². The van der Waals surface area contributed by atoms with E-state index in [1.54, 1.807) is 6.20 Å². The zero-order valence-corrected chi connectivity index (χ0v) is 13.1. The molecule has 0 atom stereocenters. The molecule has 0 radical (unpaired) electrons. The van der Waals surface area contributed by atoms with Crippen LogP contribution in [0.5, 0.6) is 0 Å². The predicted molar refractivity (Wildman–Crippen MR) is 84.3 cm³/mol. The number of likely N-dealkylation sites (N-methyl/N-ethyl adjacent to an activating group) is 1. The highest BCUT2D eigenvalue weighted by molar-refractivity contribution is 6.33. The number of hydrogen-bond donors (Lipinski definition) is 1. The van der Waals surface area contributed by atoms with Gasteiger partial charge >= 0.3 is 0 Å². The number of pyridine rings is 1. The fraction of sp³-hybridized carbons (Fsp3) is 0.643. The van der Waals surface area contributed by atoms with Crippen molar-refractivity contribution in [3.63, 3.8) is 0 Å². The lowest BCUT2D eigenvalue weighted by Gasteiger charge is -2.36. The molecule has 5 nitrogen and oxygen atoms in total. The molecule has 0 spiro atoms. The van der Waals surface area contributed by atoms with Crippen LogP contribution in [-0.2, 0) is 6.54 Å². The smallest absolute Gasteiger partial charge is 0.147 e. The fourth-order valence-corrected chi connectivity index (χ4v) is 2.68. The van der Waals surface area contributed by atoms with Gasteiger partial charge in [-0.2, -0.15) is 0 Å². The number of anilines is 1. The first kappa shape index (κ1) is 15.5. The van der Waals surface area contributed by atoms with Crippen LogP contribution in [-0.4, -0.2) is 68.1 Å². The van der Waals surface area contributed by atoms with Crippen LogP contribution in [0.2, 0.25) is 5.02 Å².